The van der Waals surface area contributed by atoms with Gasteiger partial charge in [-0.2, -0.15) is 0 Å². The van der Waals surface area contributed by atoms with E-state index in [9.17, 15) is 0 Å². The molecule has 0 aliphatic rings. The van der Waals surface area contributed by atoms with Crippen molar-refractivity contribution in [2.24, 2.45) is 5.92 Å². The molecule has 0 spiro atoms. The first-order valence-electron chi connectivity index (χ1n) is 2.67. The number of nitrogens with zero attached hydrogens (tertiary/aromatic N) is 1. The maximum Gasteiger partial charge on any atom is 0.267 e. The summed E-state index contributed by atoms with van der Waals surface area (Å²) < 4.78 is 4.84. The highest BCUT2D eigenvalue weighted by molar-refractivity contribution is 4.69. The Morgan fingerprint density at radius 2 is 2.38 bits per heavy atom. The van der Waals surface area contributed by atoms with Gasteiger partial charge in [-0.25, -0.2) is 0 Å². The van der Waals surface area contributed by atoms with Crippen LogP contribution in [0.25, 0.3) is 4.85 Å². The average molecular weight is 114 g/mol. The van der Waals surface area contributed by atoms with E-state index in [0.29, 0.717) is 12.5 Å². The lowest BCUT2D eigenvalue weighted by Crippen LogP contribution is -2.05. The first kappa shape index (κ1) is 7.45. The summed E-state index contributed by atoms with van der Waals surface area (Å²) in [6.45, 7) is 8.40. The predicted octanol–water partition coefficient (Wildman–Crippen LogP) is 1.23. The lowest BCUT2D eigenvalue weighted by molar-refractivity contribution is 0.165. The first-order valence-corrected chi connectivity index (χ1v) is 2.67. The summed E-state index contributed by atoms with van der Waals surface area (Å²) in [5.74, 6) is 0.449. The second-order valence-electron chi connectivity index (χ2n) is 1.93. The van der Waals surface area contributed by atoms with E-state index in [0.717, 1.165) is 6.61 Å². The van der Waals surface area contributed by atoms with Crippen LogP contribution in [-0.4, -0.2) is 20.3 Å². The lowest BCUT2D eigenvalue weighted by atomic mass is 10.2. The van der Waals surface area contributed by atoms with E-state index in [1.807, 2.05) is 6.92 Å². The van der Waals surface area contributed by atoms with Crippen molar-refractivity contribution in [3.63, 3.8) is 0 Å². The van der Waals surface area contributed by atoms with Crippen LogP contribution in [0, 0.1) is 12.5 Å². The number of rotatable bonds is 3. The van der Waals surface area contributed by atoms with Crippen molar-refractivity contribution in [2.75, 3.05) is 20.3 Å². The molecule has 0 heterocycles. The van der Waals surface area contributed by atoms with Crippen molar-refractivity contribution >= 4 is 0 Å². The van der Waals surface area contributed by atoms with E-state index in [1.54, 1.807) is 7.11 Å². The highest BCUT2D eigenvalue weighted by Gasteiger charge is 2.03. The molecule has 0 aliphatic carbocycles. The van der Waals surface area contributed by atoms with Crippen LogP contribution in [0.15, 0.2) is 0 Å². The molecule has 46 valence electrons. The van der Waals surface area contributed by atoms with E-state index < -0.39 is 0 Å². The summed E-state index contributed by atoms with van der Waals surface area (Å²) in [7, 11) is 1.67. The molecule has 0 radical (unpaired) electrons. The molecule has 1 atom stereocenters. The van der Waals surface area contributed by atoms with Crippen molar-refractivity contribution in [3.05, 3.63) is 4.85 Å². The zero-order valence-electron chi connectivity index (χ0n) is 5.42. The molecule has 0 rings (SSSR count). The normalized spacial score (nSPS) is 12.6. The van der Waals surface area contributed by atoms with Crippen LogP contribution in [0.1, 0.15) is 6.92 Å². The van der Waals surface area contributed by atoms with Gasteiger partial charge in [-0.3, -0.25) is 0 Å². The fourth-order valence-corrected chi connectivity index (χ4v) is 0.517. The van der Waals surface area contributed by atoms with Gasteiger partial charge in [0.05, 0.1) is 12.5 Å². The van der Waals surface area contributed by atoms with E-state index in [1.165, 1.54) is 0 Å². The zero-order chi connectivity index (χ0) is 6.41. The van der Waals surface area contributed by atoms with E-state index in [2.05, 4.69) is 4.85 Å². The SMILES string of the molecule is C#[N+]CC(C)COC. The summed E-state index contributed by atoms with van der Waals surface area (Å²) >= 11 is 0. The number of methoxy groups -OCH3 is 1. The number of hydrogen-bond acceptors (Lipinski definition) is 1. The second-order valence-corrected chi connectivity index (χ2v) is 1.93. The molecule has 0 saturated heterocycles. The van der Waals surface area contributed by atoms with E-state index >= 15 is 0 Å². The summed E-state index contributed by atoms with van der Waals surface area (Å²) in [5, 5.41) is 0. The van der Waals surface area contributed by atoms with Gasteiger partial charge in [0.15, 0.2) is 0 Å². The molecule has 0 amide bonds. The highest BCUT2D eigenvalue weighted by Crippen LogP contribution is 1.93. The van der Waals surface area contributed by atoms with Crippen LogP contribution in [0.3, 0.4) is 0 Å². The van der Waals surface area contributed by atoms with Crippen LogP contribution in [0.2, 0.25) is 0 Å². The minimum absolute atomic E-state index is 0.449. The topological polar surface area (TPSA) is 13.6 Å². The Labute approximate surface area is 50.3 Å². The third kappa shape index (κ3) is 3.63. The van der Waals surface area contributed by atoms with Crippen molar-refractivity contribution in [2.45, 2.75) is 6.92 Å². The zero-order valence-corrected chi connectivity index (χ0v) is 5.42. The lowest BCUT2D eigenvalue weighted by Gasteiger charge is -1.97. The average Bonchev–Trinajstić information content (AvgIpc) is 1.68. The van der Waals surface area contributed by atoms with Gasteiger partial charge in [-0.05, 0) is 0 Å². The molecule has 2 nitrogen and oxygen atoms in total. The van der Waals surface area contributed by atoms with Crippen LogP contribution in [-0.2, 0) is 4.74 Å². The second kappa shape index (κ2) is 4.61. The summed E-state index contributed by atoms with van der Waals surface area (Å²) in [6.07, 6.45) is 0. The Bertz CT molecular complexity index is 85.0. The number of hydrogen-bond donors (Lipinski definition) is 0. The molecule has 0 aliphatic heterocycles. The first-order chi connectivity index (χ1) is 3.81. The summed E-state index contributed by atoms with van der Waals surface area (Å²) in [4.78, 5) is 3.47. The van der Waals surface area contributed by atoms with Gasteiger partial charge < -0.3 is 4.74 Å². The van der Waals surface area contributed by atoms with Gasteiger partial charge in [0.1, 0.15) is 0 Å². The molecular weight excluding hydrogens is 102 g/mol. The van der Waals surface area contributed by atoms with Crippen molar-refractivity contribution in [1.82, 2.24) is 0 Å². The van der Waals surface area contributed by atoms with Crippen LogP contribution < -0.4 is 0 Å². The van der Waals surface area contributed by atoms with Crippen molar-refractivity contribution in [3.8, 4) is 6.57 Å². The van der Waals surface area contributed by atoms with E-state index in [-0.39, 0.29) is 0 Å². The standard InChI is InChI=1S/C6H12NO/c1-6(4-7-2)5-8-3/h2,6H,4-5H2,1,3H3/q+1. The van der Waals surface area contributed by atoms with Crippen molar-refractivity contribution in [1.29, 1.82) is 0 Å². The quantitative estimate of drug-likeness (QED) is 0.538. The Morgan fingerprint density at radius 3 is 2.75 bits per heavy atom. The van der Waals surface area contributed by atoms with Gasteiger partial charge in [0.25, 0.3) is 13.1 Å². The molecule has 1 unspecified atom stereocenters. The number of ether oxygens (including phenoxy) is 1. The minimum atomic E-state index is 0.449. The Kier molecular flexibility index (Phi) is 4.29. The monoisotopic (exact) mass is 114 g/mol. The largest absolute Gasteiger partial charge is 0.384 e. The Balaban J connectivity index is 3.08. The van der Waals surface area contributed by atoms with Crippen LogP contribution in [0.5, 0.6) is 0 Å². The van der Waals surface area contributed by atoms with Crippen LogP contribution in [0.4, 0.5) is 0 Å². The van der Waals surface area contributed by atoms with Gasteiger partial charge in [0.2, 0.25) is 0 Å². The molecule has 0 fully saturated rings. The fourth-order valence-electron chi connectivity index (χ4n) is 0.517. The fraction of sp³-hybridized carbons (Fsp3) is 0.833. The molecule has 0 bridgehead atoms. The van der Waals surface area contributed by atoms with Crippen LogP contribution >= 0.6 is 0 Å². The molecule has 8 heavy (non-hydrogen) atoms. The molecule has 0 aromatic carbocycles. The highest BCUT2D eigenvalue weighted by atomic mass is 16.5. The van der Waals surface area contributed by atoms with E-state index in [4.69, 9.17) is 11.3 Å². The minimum Gasteiger partial charge on any atom is -0.384 e. The molecule has 0 saturated carbocycles. The summed E-state index contributed by atoms with van der Waals surface area (Å²) in [6, 6.07) is 0. The van der Waals surface area contributed by atoms with Gasteiger partial charge in [-0.15, -0.1) is 0 Å². The molecule has 0 aromatic rings. The molecule has 0 aromatic heterocycles. The molecule has 0 N–H and O–H groups in total. The van der Waals surface area contributed by atoms with Gasteiger partial charge in [-0.1, -0.05) is 11.8 Å². The Morgan fingerprint density at radius 1 is 1.75 bits per heavy atom. The Hall–Kier alpha value is -0.550. The maximum absolute atomic E-state index is 4.93. The molecule has 2 heteroatoms. The van der Waals surface area contributed by atoms with Gasteiger partial charge in [0, 0.05) is 7.11 Å². The maximum atomic E-state index is 4.93. The predicted molar refractivity (Wildman–Crippen MR) is 34.2 cm³/mol. The molecular formula is C6H12NO+. The van der Waals surface area contributed by atoms with Gasteiger partial charge >= 0.3 is 0 Å². The van der Waals surface area contributed by atoms with Crippen molar-refractivity contribution < 1.29 is 4.74 Å². The smallest absolute Gasteiger partial charge is 0.267 e. The third-order valence-electron chi connectivity index (χ3n) is 0.868. The third-order valence-corrected chi connectivity index (χ3v) is 0.868. The summed E-state index contributed by atoms with van der Waals surface area (Å²) in [5.41, 5.74) is 0.